The highest BCUT2D eigenvalue weighted by Gasteiger charge is 2.20. The Hall–Kier alpha value is 0.640. The lowest BCUT2D eigenvalue weighted by molar-refractivity contribution is 0.263. The maximum Gasteiger partial charge on any atom is 0.277 e. The molecule has 1 aliphatic heterocycles. The molecule has 2 unspecified atom stereocenters. The van der Waals surface area contributed by atoms with Crippen LogP contribution in [0.25, 0.3) is 0 Å². The van der Waals surface area contributed by atoms with E-state index in [1.54, 1.807) is 0 Å². The minimum Gasteiger partial charge on any atom is -0.319 e. The largest absolute Gasteiger partial charge is 0.319 e. The average Bonchev–Trinajstić information content (AvgIpc) is 1.87. The number of halogens is 1. The van der Waals surface area contributed by atoms with E-state index in [1.165, 1.54) is 0 Å². The zero-order valence-electron chi connectivity index (χ0n) is 3.93. The van der Waals surface area contributed by atoms with E-state index in [0.29, 0.717) is 6.61 Å². The fourth-order valence-electron chi connectivity index (χ4n) is 0.366. The van der Waals surface area contributed by atoms with Crippen molar-refractivity contribution in [3.63, 3.8) is 0 Å². The summed E-state index contributed by atoms with van der Waals surface area (Å²) < 4.78 is 9.84. The highest BCUT2D eigenvalue weighted by Crippen LogP contribution is 2.49. The second-order valence-electron chi connectivity index (χ2n) is 1.42. The van der Waals surface area contributed by atoms with Gasteiger partial charge in [0.25, 0.3) is 7.73 Å². The van der Waals surface area contributed by atoms with Crippen LogP contribution in [0.5, 0.6) is 0 Å². The summed E-state index contributed by atoms with van der Waals surface area (Å²) in [5.74, 6) is 0. The summed E-state index contributed by atoms with van der Waals surface area (Å²) in [6.45, 7) is 2.58. The Morgan fingerprint density at radius 3 is 2.71 bits per heavy atom. The maximum absolute atomic E-state index is 5.43. The van der Waals surface area contributed by atoms with E-state index in [0.717, 1.165) is 0 Å². The van der Waals surface area contributed by atoms with Crippen molar-refractivity contribution in [1.29, 1.82) is 0 Å². The van der Waals surface area contributed by atoms with Gasteiger partial charge in [-0.3, -0.25) is 0 Å². The first-order valence-electron chi connectivity index (χ1n) is 2.04. The summed E-state index contributed by atoms with van der Waals surface area (Å²) >= 11 is 5.43. The molecule has 0 bridgehead atoms. The van der Waals surface area contributed by atoms with Crippen molar-refractivity contribution in [2.24, 2.45) is 0 Å². The van der Waals surface area contributed by atoms with Crippen LogP contribution >= 0.6 is 19.0 Å². The monoisotopic (exact) mass is 140 g/mol. The lowest BCUT2D eigenvalue weighted by atomic mass is 10.5. The summed E-state index contributed by atoms with van der Waals surface area (Å²) in [7, 11) is -1.03. The molecule has 0 aromatic rings. The van der Waals surface area contributed by atoms with Crippen molar-refractivity contribution < 1.29 is 9.05 Å². The molecule has 1 fully saturated rings. The Labute approximate surface area is 48.5 Å². The SMILES string of the molecule is CC1COP(Cl)O1. The third kappa shape index (κ3) is 1.54. The summed E-state index contributed by atoms with van der Waals surface area (Å²) in [4.78, 5) is 0. The van der Waals surface area contributed by atoms with Gasteiger partial charge in [-0.2, -0.15) is 0 Å². The van der Waals surface area contributed by atoms with Gasteiger partial charge in [0.15, 0.2) is 0 Å². The third-order valence-electron chi connectivity index (χ3n) is 0.674. The van der Waals surface area contributed by atoms with Gasteiger partial charge in [0.2, 0.25) is 0 Å². The maximum atomic E-state index is 5.43. The predicted octanol–water partition coefficient (Wildman–Crippen LogP) is 1.89. The number of hydrogen-bond donors (Lipinski definition) is 0. The molecule has 0 N–H and O–H groups in total. The smallest absolute Gasteiger partial charge is 0.277 e. The molecule has 0 spiro atoms. The summed E-state index contributed by atoms with van der Waals surface area (Å²) in [6, 6.07) is 0. The van der Waals surface area contributed by atoms with Crippen LogP contribution in [0.4, 0.5) is 0 Å². The van der Waals surface area contributed by atoms with Crippen LogP contribution in [0.1, 0.15) is 6.92 Å². The minimum absolute atomic E-state index is 0.198. The highest BCUT2D eigenvalue weighted by molar-refractivity contribution is 7.76. The van der Waals surface area contributed by atoms with Crippen molar-refractivity contribution in [2.75, 3.05) is 6.61 Å². The molecule has 0 aliphatic carbocycles. The Kier molecular flexibility index (Phi) is 1.87. The van der Waals surface area contributed by atoms with Crippen molar-refractivity contribution in [1.82, 2.24) is 0 Å². The molecule has 0 saturated carbocycles. The van der Waals surface area contributed by atoms with E-state index in [2.05, 4.69) is 0 Å². The Morgan fingerprint density at radius 1 is 1.86 bits per heavy atom. The van der Waals surface area contributed by atoms with Crippen molar-refractivity contribution in [2.45, 2.75) is 13.0 Å². The molecule has 1 saturated heterocycles. The first-order valence-corrected chi connectivity index (χ1v) is 4.13. The van der Waals surface area contributed by atoms with Crippen molar-refractivity contribution >= 4 is 19.0 Å². The molecule has 1 aliphatic rings. The molecule has 0 aromatic heterocycles. The molecular weight excluding hydrogens is 134 g/mol. The Morgan fingerprint density at radius 2 is 2.57 bits per heavy atom. The van der Waals surface area contributed by atoms with Gasteiger partial charge >= 0.3 is 0 Å². The van der Waals surface area contributed by atoms with Crippen molar-refractivity contribution in [3.8, 4) is 0 Å². The zero-order chi connectivity index (χ0) is 5.28. The van der Waals surface area contributed by atoms with Crippen LogP contribution < -0.4 is 0 Å². The van der Waals surface area contributed by atoms with E-state index in [9.17, 15) is 0 Å². The van der Waals surface area contributed by atoms with Gasteiger partial charge in [0.05, 0.1) is 12.7 Å². The number of hydrogen-bond acceptors (Lipinski definition) is 2. The van der Waals surface area contributed by atoms with Crippen LogP contribution in [0.3, 0.4) is 0 Å². The van der Waals surface area contributed by atoms with Crippen LogP contribution in [0, 0.1) is 0 Å². The lowest BCUT2D eigenvalue weighted by Gasteiger charge is -1.94. The third-order valence-corrected chi connectivity index (χ3v) is 2.08. The summed E-state index contributed by atoms with van der Waals surface area (Å²) in [6.07, 6.45) is 0.198. The van der Waals surface area contributed by atoms with Crippen LogP contribution in [0.2, 0.25) is 0 Å². The molecule has 0 radical (unpaired) electrons. The summed E-state index contributed by atoms with van der Waals surface area (Å²) in [5, 5.41) is 0. The lowest BCUT2D eigenvalue weighted by Crippen LogP contribution is -1.99. The normalized spacial score (nSPS) is 42.0. The standard InChI is InChI=1S/C3H6ClO2P/c1-3-2-5-7(4)6-3/h3H,2H2,1H3. The molecule has 1 rings (SSSR count). The topological polar surface area (TPSA) is 18.5 Å². The molecule has 1 heterocycles. The first-order chi connectivity index (χ1) is 3.29. The molecule has 7 heavy (non-hydrogen) atoms. The molecule has 0 amide bonds. The van der Waals surface area contributed by atoms with E-state index >= 15 is 0 Å². The van der Waals surface area contributed by atoms with E-state index in [4.69, 9.17) is 20.3 Å². The fourth-order valence-corrected chi connectivity index (χ4v) is 1.67. The molecule has 0 aromatic carbocycles. The quantitative estimate of drug-likeness (QED) is 0.479. The van der Waals surface area contributed by atoms with E-state index < -0.39 is 7.73 Å². The van der Waals surface area contributed by atoms with Crippen LogP contribution in [-0.2, 0) is 9.05 Å². The second kappa shape index (κ2) is 2.27. The Bertz CT molecular complexity index is 62.0. The second-order valence-corrected chi connectivity index (χ2v) is 3.15. The highest BCUT2D eigenvalue weighted by atomic mass is 35.7. The van der Waals surface area contributed by atoms with Gasteiger partial charge in [-0.15, -0.1) is 0 Å². The molecule has 42 valence electrons. The van der Waals surface area contributed by atoms with E-state index in [1.807, 2.05) is 6.92 Å². The van der Waals surface area contributed by atoms with E-state index in [-0.39, 0.29) is 6.10 Å². The van der Waals surface area contributed by atoms with Crippen molar-refractivity contribution in [3.05, 3.63) is 0 Å². The minimum atomic E-state index is -1.03. The molecule has 2 nitrogen and oxygen atoms in total. The van der Waals surface area contributed by atoms with Gasteiger partial charge in [-0.05, 0) is 18.2 Å². The van der Waals surface area contributed by atoms with Gasteiger partial charge in [0.1, 0.15) is 0 Å². The first kappa shape index (κ1) is 5.77. The zero-order valence-corrected chi connectivity index (χ0v) is 5.58. The van der Waals surface area contributed by atoms with Gasteiger partial charge in [-0.1, -0.05) is 0 Å². The van der Waals surface area contributed by atoms with Crippen LogP contribution in [-0.4, -0.2) is 12.7 Å². The van der Waals surface area contributed by atoms with Gasteiger partial charge < -0.3 is 9.05 Å². The number of rotatable bonds is 0. The Balaban J connectivity index is 2.26. The molecule has 4 heteroatoms. The fraction of sp³-hybridized carbons (Fsp3) is 1.00. The average molecular weight is 141 g/mol. The summed E-state index contributed by atoms with van der Waals surface area (Å²) in [5.41, 5.74) is 0. The van der Waals surface area contributed by atoms with Crippen LogP contribution in [0.15, 0.2) is 0 Å². The predicted molar refractivity (Wildman–Crippen MR) is 29.3 cm³/mol. The molecular formula is C3H6ClO2P. The van der Waals surface area contributed by atoms with Gasteiger partial charge in [-0.25, -0.2) is 0 Å². The molecule has 2 atom stereocenters. The van der Waals surface area contributed by atoms with Gasteiger partial charge in [0, 0.05) is 0 Å².